The van der Waals surface area contributed by atoms with E-state index >= 15 is 0 Å². The molecule has 1 saturated heterocycles. The molecule has 0 spiro atoms. The molecule has 11 atom stereocenters. The first-order valence-electron chi connectivity index (χ1n) is 24.0. The average Bonchev–Trinajstić information content (AvgIpc) is 3.99. The number of carboxylic acid groups (broad SMARTS) is 1. The molecule has 2 aromatic rings. The molecule has 68 heavy (non-hydrogen) atoms. The fourth-order valence-corrected chi connectivity index (χ4v) is 12.2. The fourth-order valence-electron chi connectivity index (χ4n) is 9.53. The third-order valence-electron chi connectivity index (χ3n) is 13.5. The number of hydrogen-bond acceptors (Lipinski definition) is 12. The van der Waals surface area contributed by atoms with Crippen LogP contribution in [0.4, 0.5) is 4.79 Å². The molecular formula is C50H76N6O10S2. The van der Waals surface area contributed by atoms with Crippen molar-refractivity contribution in [3.8, 4) is 0 Å². The summed E-state index contributed by atoms with van der Waals surface area (Å²) in [7, 11) is 9.42. The van der Waals surface area contributed by atoms with Crippen molar-refractivity contribution in [3.05, 3.63) is 60.3 Å². The molecule has 18 heteroatoms. The number of rotatable bonds is 25. The van der Waals surface area contributed by atoms with Gasteiger partial charge in [0.2, 0.25) is 23.6 Å². The number of pyridine rings is 1. The van der Waals surface area contributed by atoms with Gasteiger partial charge in [0.05, 0.1) is 41.9 Å². The third kappa shape index (κ3) is 15.1. The predicted octanol–water partition coefficient (Wildman–Crippen LogP) is 6.71. The molecule has 0 unspecified atom stereocenters. The number of carboxylic acids is 1. The summed E-state index contributed by atoms with van der Waals surface area (Å²) in [5.74, 6) is -4.29. The summed E-state index contributed by atoms with van der Waals surface area (Å²) in [6.45, 7) is 13.5. The number of aromatic nitrogens is 1. The van der Waals surface area contributed by atoms with Crippen LogP contribution in [0.1, 0.15) is 99.0 Å². The lowest BCUT2D eigenvalue weighted by molar-refractivity contribution is -0.148. The van der Waals surface area contributed by atoms with Crippen LogP contribution in [-0.4, -0.2) is 149 Å². The van der Waals surface area contributed by atoms with Gasteiger partial charge >= 0.3 is 12.1 Å². The Morgan fingerprint density at radius 1 is 0.853 bits per heavy atom. The number of likely N-dealkylation sites (tertiary alicyclic amines) is 1. The maximum absolute atomic E-state index is 14.7. The number of nitrogens with one attached hydrogen (secondary N) is 2. The molecular weight excluding hydrogens is 909 g/mol. The number of nitrogens with zero attached hydrogens (tertiary/aromatic N) is 4. The van der Waals surface area contributed by atoms with Crippen LogP contribution in [0, 0.1) is 23.7 Å². The maximum atomic E-state index is 14.7. The van der Waals surface area contributed by atoms with Gasteiger partial charge in [-0.15, -0.1) is 0 Å². The standard InChI is InChI=1S/C50H76N6O10S2/c1-12-32(6)44(38(64-10)29-41(57)56-27-19-22-36(56)45(65-11)33(7)46(58)52-35(49(61)62)28-34-20-14-13-15-21-34)54(8)48(60)42(30(2)3)53-47(59)43(31(4)5)55(9)50(63)66-37-23-18-24-39(37)67-68-40-25-16-17-26-51-40/h13-17,20-21,25-26,30-33,35-39,42-45H,12,18-19,22-24,27-29H2,1-11H3,(H,52,58)(H,53,59)(H,61,62)/t32-,33+,35-,36+,37+,38+,39+,42-,43-,44-,45+/m0/s1. The van der Waals surface area contributed by atoms with Crippen molar-refractivity contribution >= 4 is 57.3 Å². The highest BCUT2D eigenvalue weighted by molar-refractivity contribution is 8.76. The summed E-state index contributed by atoms with van der Waals surface area (Å²) in [4.78, 5) is 91.8. The number of methoxy groups -OCH3 is 2. The van der Waals surface area contributed by atoms with Gasteiger partial charge in [-0.1, -0.05) is 102 Å². The molecule has 5 amide bonds. The van der Waals surface area contributed by atoms with Crippen molar-refractivity contribution < 1.29 is 48.1 Å². The number of likely N-dealkylation sites (N-methyl/N-ethyl adjacent to an activating group) is 2. The SMILES string of the molecule is CC[C@H](C)[C@@H]([C@@H](CC(=O)N1CCC[C@@H]1[C@H](OC)[C@@H](C)C(=O)N[C@@H](Cc1ccccc1)C(=O)O)OC)N(C)C(=O)[C@@H](NC(=O)[C@H](C(C)C)N(C)C(=O)O[C@@H]1CCC[C@H]1SSc1ccccn1)C(C)C. The van der Waals surface area contributed by atoms with Crippen LogP contribution in [0.25, 0.3) is 0 Å². The van der Waals surface area contributed by atoms with Crippen molar-refractivity contribution in [1.82, 2.24) is 30.3 Å². The van der Waals surface area contributed by atoms with E-state index in [4.69, 9.17) is 14.2 Å². The minimum atomic E-state index is -1.15. The van der Waals surface area contributed by atoms with E-state index in [2.05, 4.69) is 15.6 Å². The molecule has 378 valence electrons. The quantitative estimate of drug-likeness (QED) is 0.0889. The van der Waals surface area contributed by atoms with Crippen LogP contribution in [0.3, 0.4) is 0 Å². The third-order valence-corrected chi connectivity index (χ3v) is 16.4. The Hall–Kier alpha value is -4.39. The molecule has 0 radical (unpaired) electrons. The zero-order chi connectivity index (χ0) is 50.2. The Labute approximate surface area is 411 Å². The number of benzene rings is 1. The van der Waals surface area contributed by atoms with E-state index in [1.165, 1.54) is 19.1 Å². The van der Waals surface area contributed by atoms with Crippen LogP contribution in [0.5, 0.6) is 0 Å². The Balaban J connectivity index is 1.44. The fraction of sp³-hybridized carbons (Fsp3) is 0.660. The predicted molar refractivity (Wildman–Crippen MR) is 265 cm³/mol. The molecule has 1 saturated carbocycles. The van der Waals surface area contributed by atoms with E-state index in [1.54, 1.807) is 70.7 Å². The van der Waals surface area contributed by atoms with Crippen molar-refractivity contribution in [1.29, 1.82) is 0 Å². The molecule has 1 aliphatic heterocycles. The topological polar surface area (TPSA) is 197 Å². The highest BCUT2D eigenvalue weighted by Gasteiger charge is 2.44. The van der Waals surface area contributed by atoms with Gasteiger partial charge in [0, 0.05) is 47.5 Å². The highest BCUT2D eigenvalue weighted by atomic mass is 33.1. The lowest BCUT2D eigenvalue weighted by atomic mass is 9.89. The van der Waals surface area contributed by atoms with Crippen LogP contribution in [0.2, 0.25) is 0 Å². The molecule has 3 N–H and O–H groups in total. The van der Waals surface area contributed by atoms with Gasteiger partial charge in [-0.2, -0.15) is 0 Å². The first-order valence-corrected chi connectivity index (χ1v) is 26.2. The number of carbonyl (C=O) groups excluding carboxylic acids is 5. The summed E-state index contributed by atoms with van der Waals surface area (Å²) >= 11 is 0. The number of aliphatic carboxylic acids is 1. The molecule has 16 nitrogen and oxygen atoms in total. The smallest absolute Gasteiger partial charge is 0.410 e. The summed E-state index contributed by atoms with van der Waals surface area (Å²) in [6, 6.07) is 10.7. The van der Waals surface area contributed by atoms with Gasteiger partial charge in [-0.05, 0) is 78.3 Å². The van der Waals surface area contributed by atoms with Crippen LogP contribution in [0.15, 0.2) is 59.8 Å². The lowest BCUT2D eigenvalue weighted by Crippen LogP contribution is -2.60. The monoisotopic (exact) mass is 985 g/mol. The molecule has 1 aromatic carbocycles. The van der Waals surface area contributed by atoms with E-state index < -0.39 is 72.2 Å². The van der Waals surface area contributed by atoms with Crippen LogP contribution >= 0.6 is 21.6 Å². The molecule has 4 rings (SSSR count). The average molecular weight is 985 g/mol. The molecule has 0 bridgehead atoms. The molecule has 2 fully saturated rings. The van der Waals surface area contributed by atoms with E-state index in [9.17, 15) is 33.9 Å². The number of amides is 5. The van der Waals surface area contributed by atoms with E-state index in [-0.39, 0.29) is 53.8 Å². The van der Waals surface area contributed by atoms with Gasteiger partial charge in [0.1, 0.15) is 29.3 Å². The second-order valence-electron chi connectivity index (χ2n) is 18.9. The van der Waals surface area contributed by atoms with Crippen molar-refractivity contribution in [3.63, 3.8) is 0 Å². The molecule has 2 heterocycles. The van der Waals surface area contributed by atoms with Gasteiger partial charge in [-0.25, -0.2) is 14.6 Å². The normalized spacial score (nSPS) is 20.7. The Bertz CT molecular complexity index is 1950. The second-order valence-corrected chi connectivity index (χ2v) is 21.4. The lowest BCUT2D eigenvalue weighted by Gasteiger charge is -2.41. The largest absolute Gasteiger partial charge is 0.480 e. The van der Waals surface area contributed by atoms with Crippen LogP contribution < -0.4 is 10.6 Å². The zero-order valence-electron chi connectivity index (χ0n) is 41.8. The number of ether oxygens (including phenoxy) is 3. The van der Waals surface area contributed by atoms with Crippen molar-refractivity contribution in [2.24, 2.45) is 23.7 Å². The summed E-state index contributed by atoms with van der Waals surface area (Å²) in [5, 5.41) is 16.6. The Morgan fingerprint density at radius 2 is 1.54 bits per heavy atom. The number of carbonyl (C=O) groups is 6. The Morgan fingerprint density at radius 3 is 2.13 bits per heavy atom. The molecule has 1 aliphatic carbocycles. The first-order chi connectivity index (χ1) is 32.3. The summed E-state index contributed by atoms with van der Waals surface area (Å²) < 4.78 is 18.0. The highest BCUT2D eigenvalue weighted by Crippen LogP contribution is 2.42. The van der Waals surface area contributed by atoms with E-state index in [0.29, 0.717) is 25.8 Å². The van der Waals surface area contributed by atoms with Crippen LogP contribution in [-0.2, 0) is 44.6 Å². The molecule has 2 aliphatic rings. The van der Waals surface area contributed by atoms with Gasteiger partial charge in [-0.3, -0.25) is 24.1 Å². The zero-order valence-corrected chi connectivity index (χ0v) is 43.4. The summed E-state index contributed by atoms with van der Waals surface area (Å²) in [5.41, 5.74) is 0.769. The van der Waals surface area contributed by atoms with E-state index in [0.717, 1.165) is 29.9 Å². The van der Waals surface area contributed by atoms with E-state index in [1.807, 2.05) is 77.9 Å². The van der Waals surface area contributed by atoms with Gasteiger partial charge in [0.15, 0.2) is 0 Å². The van der Waals surface area contributed by atoms with Crippen molar-refractivity contribution in [2.45, 2.75) is 159 Å². The van der Waals surface area contributed by atoms with Gasteiger partial charge in [0.25, 0.3) is 0 Å². The molecule has 1 aromatic heterocycles. The number of hydrogen-bond donors (Lipinski definition) is 3. The van der Waals surface area contributed by atoms with Gasteiger partial charge < -0.3 is 39.8 Å². The minimum absolute atomic E-state index is 0.0701. The summed E-state index contributed by atoms with van der Waals surface area (Å²) in [6.07, 6.45) is 3.82. The minimum Gasteiger partial charge on any atom is -0.480 e. The maximum Gasteiger partial charge on any atom is 0.410 e. The Kier molecular flexibility index (Phi) is 22.4. The second kappa shape index (κ2) is 27.1. The van der Waals surface area contributed by atoms with Crippen molar-refractivity contribution in [2.75, 3.05) is 34.9 Å². The first kappa shape index (κ1) is 56.2.